The monoisotopic (exact) mass is 213 g/mol. The highest BCUT2D eigenvalue weighted by molar-refractivity contribution is 7.84. The molecule has 0 aromatic carbocycles. The highest BCUT2D eigenvalue weighted by Crippen LogP contribution is 2.39. The first-order chi connectivity index (χ1) is 6.50. The van der Waals surface area contributed by atoms with Crippen LogP contribution in [0.5, 0.6) is 0 Å². The van der Waals surface area contributed by atoms with E-state index in [1.165, 1.54) is 0 Å². The van der Waals surface area contributed by atoms with Crippen molar-refractivity contribution in [2.75, 3.05) is 6.54 Å². The van der Waals surface area contributed by atoms with E-state index in [0.29, 0.717) is 0 Å². The van der Waals surface area contributed by atoms with Crippen LogP contribution >= 0.6 is 0 Å². The van der Waals surface area contributed by atoms with Crippen LogP contribution in [0.3, 0.4) is 0 Å². The molecule has 1 fully saturated rings. The van der Waals surface area contributed by atoms with Gasteiger partial charge in [-0.25, -0.2) is 8.51 Å². The van der Waals surface area contributed by atoms with E-state index in [4.69, 9.17) is 4.42 Å². The fourth-order valence-corrected chi connectivity index (χ4v) is 2.69. The lowest BCUT2D eigenvalue weighted by Crippen LogP contribution is -2.27. The molecule has 14 heavy (non-hydrogen) atoms. The Morgan fingerprint density at radius 2 is 2.29 bits per heavy atom. The maximum atomic E-state index is 11.9. The molecule has 0 spiro atoms. The molecule has 3 atom stereocenters. The van der Waals surface area contributed by atoms with E-state index in [1.807, 2.05) is 37.2 Å². The predicted octanol–water partition coefficient (Wildman–Crippen LogP) is 2.10. The Labute approximate surface area is 86.7 Å². The number of hydrogen-bond donors (Lipinski definition) is 0. The van der Waals surface area contributed by atoms with E-state index in [-0.39, 0.29) is 10.8 Å². The van der Waals surface area contributed by atoms with Gasteiger partial charge in [-0.1, -0.05) is 0 Å². The minimum Gasteiger partial charge on any atom is -0.468 e. The van der Waals surface area contributed by atoms with Gasteiger partial charge in [-0.3, -0.25) is 0 Å². The van der Waals surface area contributed by atoms with Crippen molar-refractivity contribution in [1.29, 1.82) is 0 Å². The van der Waals surface area contributed by atoms with Crippen LogP contribution in [-0.2, 0) is 11.0 Å². The van der Waals surface area contributed by atoms with Gasteiger partial charge in [0.05, 0.1) is 17.1 Å². The summed E-state index contributed by atoms with van der Waals surface area (Å²) in [6, 6.07) is 4.03. The first-order valence-electron chi connectivity index (χ1n) is 4.72. The van der Waals surface area contributed by atoms with Crippen LogP contribution in [0.25, 0.3) is 0 Å². The highest BCUT2D eigenvalue weighted by atomic mass is 32.2. The Balaban J connectivity index is 2.04. The third-order valence-corrected chi connectivity index (χ3v) is 4.05. The van der Waals surface area contributed by atoms with Crippen LogP contribution in [0.4, 0.5) is 0 Å². The highest BCUT2D eigenvalue weighted by Gasteiger charge is 2.45. The summed E-state index contributed by atoms with van der Waals surface area (Å²) in [6.45, 7) is 6.80. The number of furan rings is 1. The van der Waals surface area contributed by atoms with Crippen molar-refractivity contribution in [3.63, 3.8) is 0 Å². The number of rotatable bonds is 2. The molecule has 1 aliphatic heterocycles. The molecule has 3 nitrogen and oxygen atoms in total. The predicted molar refractivity (Wildman–Crippen MR) is 56.1 cm³/mol. The average molecular weight is 213 g/mol. The lowest BCUT2D eigenvalue weighted by Gasteiger charge is -2.17. The summed E-state index contributed by atoms with van der Waals surface area (Å²) in [5.74, 6) is 0.919. The summed E-state index contributed by atoms with van der Waals surface area (Å²) >= 11 is 0. The zero-order valence-corrected chi connectivity index (χ0v) is 9.50. The lowest BCUT2D eigenvalue weighted by molar-refractivity contribution is 0.493. The van der Waals surface area contributed by atoms with Gasteiger partial charge in [-0.2, -0.15) is 0 Å². The topological polar surface area (TPSA) is 33.2 Å². The van der Waals surface area contributed by atoms with Gasteiger partial charge in [0.1, 0.15) is 16.7 Å². The van der Waals surface area contributed by atoms with E-state index in [0.717, 1.165) is 12.3 Å². The zero-order valence-electron chi connectivity index (χ0n) is 8.69. The van der Waals surface area contributed by atoms with Gasteiger partial charge in [0.15, 0.2) is 0 Å². The van der Waals surface area contributed by atoms with Crippen molar-refractivity contribution in [3.8, 4) is 0 Å². The lowest BCUT2D eigenvalue weighted by atomic mass is 10.3. The van der Waals surface area contributed by atoms with E-state index >= 15 is 0 Å². The molecule has 0 N–H and O–H groups in total. The molecule has 1 aliphatic rings. The van der Waals surface area contributed by atoms with E-state index < -0.39 is 11.0 Å². The second-order valence-corrected chi connectivity index (χ2v) is 6.68. The van der Waals surface area contributed by atoms with Gasteiger partial charge < -0.3 is 4.42 Å². The molecule has 1 aromatic heterocycles. The molecule has 4 heteroatoms. The number of nitrogens with zero attached hydrogens (tertiary/aromatic N) is 1. The summed E-state index contributed by atoms with van der Waals surface area (Å²) in [7, 11) is -0.919. The molecule has 78 valence electrons. The first-order valence-corrected chi connectivity index (χ1v) is 5.83. The van der Waals surface area contributed by atoms with Crippen LogP contribution in [0.15, 0.2) is 22.8 Å². The third-order valence-electron chi connectivity index (χ3n) is 2.18. The van der Waals surface area contributed by atoms with Crippen molar-refractivity contribution in [1.82, 2.24) is 4.31 Å². The molecular weight excluding hydrogens is 198 g/mol. The molecular formula is C10H15NO2S. The van der Waals surface area contributed by atoms with Crippen LogP contribution in [0.2, 0.25) is 0 Å². The summed E-state index contributed by atoms with van der Waals surface area (Å²) in [6.07, 6.45) is 1.66. The maximum Gasteiger partial charge on any atom is 0.123 e. The Kier molecular flexibility index (Phi) is 2.27. The van der Waals surface area contributed by atoms with E-state index in [2.05, 4.69) is 0 Å². The van der Waals surface area contributed by atoms with Crippen molar-refractivity contribution in [2.45, 2.75) is 31.6 Å². The van der Waals surface area contributed by atoms with Crippen molar-refractivity contribution < 1.29 is 8.63 Å². The maximum absolute atomic E-state index is 11.9. The Bertz CT molecular complexity index is 340. The Morgan fingerprint density at radius 3 is 2.79 bits per heavy atom. The molecule has 0 aliphatic carbocycles. The first kappa shape index (κ1) is 9.93. The van der Waals surface area contributed by atoms with Gasteiger partial charge in [0, 0.05) is 6.54 Å². The molecule has 2 rings (SSSR count). The van der Waals surface area contributed by atoms with Crippen LogP contribution in [0.1, 0.15) is 32.6 Å². The molecule has 0 bridgehead atoms. The summed E-state index contributed by atoms with van der Waals surface area (Å²) in [5.41, 5.74) is 0. The fourth-order valence-electron chi connectivity index (χ4n) is 1.37. The summed E-state index contributed by atoms with van der Waals surface area (Å²) < 4.78 is 19.0. The van der Waals surface area contributed by atoms with Crippen molar-refractivity contribution in [2.24, 2.45) is 0 Å². The number of hydrogen-bond acceptors (Lipinski definition) is 2. The zero-order chi connectivity index (χ0) is 10.3. The van der Waals surface area contributed by atoms with Crippen molar-refractivity contribution >= 4 is 11.0 Å². The fraction of sp³-hybridized carbons (Fsp3) is 0.600. The van der Waals surface area contributed by atoms with Gasteiger partial charge >= 0.3 is 0 Å². The van der Waals surface area contributed by atoms with Crippen molar-refractivity contribution in [3.05, 3.63) is 24.2 Å². The molecule has 0 amide bonds. The molecule has 2 heterocycles. The quantitative estimate of drug-likeness (QED) is 0.705. The van der Waals surface area contributed by atoms with Crippen LogP contribution < -0.4 is 0 Å². The molecule has 1 aromatic rings. The second-order valence-electron chi connectivity index (χ2n) is 4.49. The average Bonchev–Trinajstić information content (AvgIpc) is 2.69. The Hall–Kier alpha value is -0.610. The van der Waals surface area contributed by atoms with Crippen LogP contribution in [0, 0.1) is 0 Å². The van der Waals surface area contributed by atoms with Gasteiger partial charge in [0.25, 0.3) is 0 Å². The third kappa shape index (κ3) is 1.77. The van der Waals surface area contributed by atoms with Gasteiger partial charge in [0.2, 0.25) is 0 Å². The summed E-state index contributed by atoms with van der Waals surface area (Å²) in [5, 5.41) is 0. The molecule has 0 radical (unpaired) electrons. The minimum atomic E-state index is -0.919. The minimum absolute atomic E-state index is 0.179. The van der Waals surface area contributed by atoms with Crippen LogP contribution in [-0.4, -0.2) is 19.8 Å². The normalized spacial score (nSPS) is 28.8. The van der Waals surface area contributed by atoms with Gasteiger partial charge in [-0.05, 0) is 32.9 Å². The Morgan fingerprint density at radius 1 is 1.57 bits per heavy atom. The molecule has 1 unspecified atom stereocenters. The summed E-state index contributed by atoms with van der Waals surface area (Å²) in [4.78, 5) is 0. The second kappa shape index (κ2) is 3.21. The SMILES string of the molecule is CC(C)(C)[S@@](=O)N1C[C@H]1c1ccco1. The molecule has 1 saturated heterocycles. The largest absolute Gasteiger partial charge is 0.468 e. The van der Waals surface area contributed by atoms with E-state index in [1.54, 1.807) is 6.26 Å². The smallest absolute Gasteiger partial charge is 0.123 e. The van der Waals surface area contributed by atoms with E-state index in [9.17, 15) is 4.21 Å². The standard InChI is InChI=1S/C10H15NO2S/c1-10(2,3)14(12)11-7-8(11)9-5-4-6-13-9/h4-6,8H,7H2,1-3H3/t8-,11?,14+/m0/s1. The van der Waals surface area contributed by atoms with Gasteiger partial charge in [-0.15, -0.1) is 0 Å². The molecule has 0 saturated carbocycles.